The smallest absolute Gasteiger partial charge is 0.266 e. The number of amides is 1. The number of carbonyl (C=O) groups is 1. The standard InChI is InChI=1S/C20H23N3O2/c1-5-25-19-8-6-7-18(11-19)22-20(24)17(12-21)10-16-9-15(4)23(13-16)14(2)3/h6-11,13-14H,5H2,1-4H3,(H,22,24)/b17-10+. The Balaban J connectivity index is 2.20. The highest BCUT2D eigenvalue weighted by Crippen LogP contribution is 2.19. The van der Waals surface area contributed by atoms with Crippen LogP contribution in [-0.2, 0) is 4.79 Å². The second-order valence-electron chi connectivity index (χ2n) is 6.00. The van der Waals surface area contributed by atoms with Crippen LogP contribution in [0.5, 0.6) is 5.75 Å². The van der Waals surface area contributed by atoms with Crippen LogP contribution in [-0.4, -0.2) is 17.1 Å². The molecule has 0 atom stereocenters. The van der Waals surface area contributed by atoms with Crippen LogP contribution in [0.1, 0.15) is 38.1 Å². The topological polar surface area (TPSA) is 67.0 Å². The van der Waals surface area contributed by atoms with Gasteiger partial charge in [0.15, 0.2) is 0 Å². The van der Waals surface area contributed by atoms with E-state index in [0.717, 1.165) is 11.3 Å². The van der Waals surface area contributed by atoms with Crippen LogP contribution in [0.15, 0.2) is 42.1 Å². The molecule has 2 rings (SSSR count). The van der Waals surface area contributed by atoms with Gasteiger partial charge in [0.2, 0.25) is 0 Å². The molecular weight excluding hydrogens is 314 g/mol. The minimum Gasteiger partial charge on any atom is -0.494 e. The summed E-state index contributed by atoms with van der Waals surface area (Å²) in [7, 11) is 0. The minimum absolute atomic E-state index is 0.0581. The second kappa shape index (κ2) is 8.20. The van der Waals surface area contributed by atoms with Crippen molar-refractivity contribution >= 4 is 17.7 Å². The Morgan fingerprint density at radius 1 is 1.40 bits per heavy atom. The lowest BCUT2D eigenvalue weighted by atomic mass is 10.2. The summed E-state index contributed by atoms with van der Waals surface area (Å²) in [5, 5.41) is 12.1. The maximum atomic E-state index is 12.4. The van der Waals surface area contributed by atoms with Gasteiger partial charge in [-0.3, -0.25) is 4.79 Å². The van der Waals surface area contributed by atoms with Crippen molar-refractivity contribution in [2.75, 3.05) is 11.9 Å². The zero-order valence-electron chi connectivity index (χ0n) is 15.0. The van der Waals surface area contributed by atoms with E-state index >= 15 is 0 Å². The summed E-state index contributed by atoms with van der Waals surface area (Å²) in [5.74, 6) is 0.235. The lowest BCUT2D eigenvalue weighted by Crippen LogP contribution is -2.13. The molecule has 0 aliphatic heterocycles. The number of rotatable bonds is 6. The highest BCUT2D eigenvalue weighted by Gasteiger charge is 2.11. The van der Waals surface area contributed by atoms with Crippen LogP contribution >= 0.6 is 0 Å². The molecule has 0 spiro atoms. The molecular formula is C20H23N3O2. The molecule has 0 fully saturated rings. The molecule has 0 aliphatic rings. The van der Waals surface area contributed by atoms with E-state index in [-0.39, 0.29) is 5.57 Å². The number of ether oxygens (including phenoxy) is 1. The number of aromatic nitrogens is 1. The van der Waals surface area contributed by atoms with Crippen molar-refractivity contribution in [1.29, 1.82) is 5.26 Å². The number of carbonyl (C=O) groups excluding carboxylic acids is 1. The van der Waals surface area contributed by atoms with Gasteiger partial charge in [-0.15, -0.1) is 0 Å². The Kier molecular flexibility index (Phi) is 6.02. The molecule has 0 saturated heterocycles. The monoisotopic (exact) mass is 337 g/mol. The summed E-state index contributed by atoms with van der Waals surface area (Å²) >= 11 is 0. The van der Waals surface area contributed by atoms with Crippen molar-refractivity contribution in [3.63, 3.8) is 0 Å². The van der Waals surface area contributed by atoms with Gasteiger partial charge >= 0.3 is 0 Å². The largest absolute Gasteiger partial charge is 0.494 e. The summed E-state index contributed by atoms with van der Waals surface area (Å²) < 4.78 is 7.52. The molecule has 25 heavy (non-hydrogen) atoms. The molecule has 130 valence electrons. The second-order valence-corrected chi connectivity index (χ2v) is 6.00. The predicted octanol–water partition coefficient (Wildman–Crippen LogP) is 4.32. The third kappa shape index (κ3) is 4.74. The van der Waals surface area contributed by atoms with Crippen molar-refractivity contribution in [1.82, 2.24) is 4.57 Å². The van der Waals surface area contributed by atoms with Crippen LogP contribution in [0.4, 0.5) is 5.69 Å². The lowest BCUT2D eigenvalue weighted by molar-refractivity contribution is -0.112. The van der Waals surface area contributed by atoms with Crippen molar-refractivity contribution < 1.29 is 9.53 Å². The summed E-state index contributed by atoms with van der Waals surface area (Å²) in [4.78, 5) is 12.4. The first-order valence-electron chi connectivity index (χ1n) is 8.29. The number of anilines is 1. The van der Waals surface area contributed by atoms with Gasteiger partial charge in [-0.2, -0.15) is 5.26 Å². The Morgan fingerprint density at radius 3 is 2.76 bits per heavy atom. The van der Waals surface area contributed by atoms with Crippen molar-refractivity contribution in [3.8, 4) is 11.8 Å². The van der Waals surface area contributed by atoms with Gasteiger partial charge in [-0.1, -0.05) is 6.07 Å². The fraction of sp³-hybridized carbons (Fsp3) is 0.300. The minimum atomic E-state index is -0.439. The van der Waals surface area contributed by atoms with Gasteiger partial charge in [-0.25, -0.2) is 0 Å². The Labute approximate surface area is 148 Å². The Bertz CT molecular complexity index is 826. The van der Waals surface area contributed by atoms with Crippen molar-refractivity contribution in [2.45, 2.75) is 33.7 Å². The van der Waals surface area contributed by atoms with Crippen LogP contribution in [0.3, 0.4) is 0 Å². The number of nitrogens with zero attached hydrogens (tertiary/aromatic N) is 2. The number of aryl methyl sites for hydroxylation is 1. The first-order chi connectivity index (χ1) is 11.9. The van der Waals surface area contributed by atoms with Crippen LogP contribution in [0.25, 0.3) is 6.08 Å². The number of hydrogen-bond donors (Lipinski definition) is 1. The van der Waals surface area contributed by atoms with E-state index in [9.17, 15) is 10.1 Å². The molecule has 1 N–H and O–H groups in total. The number of nitrogens with one attached hydrogen (secondary N) is 1. The molecule has 1 heterocycles. The summed E-state index contributed by atoms with van der Waals surface area (Å²) in [6, 6.07) is 11.4. The number of nitriles is 1. The average molecular weight is 337 g/mol. The van der Waals surface area contributed by atoms with Gasteiger partial charge < -0.3 is 14.6 Å². The molecule has 0 unspecified atom stereocenters. The fourth-order valence-electron chi connectivity index (χ4n) is 2.59. The summed E-state index contributed by atoms with van der Waals surface area (Å²) in [6.45, 7) is 8.62. The molecule has 5 heteroatoms. The van der Waals surface area contributed by atoms with E-state index in [1.165, 1.54) is 0 Å². The molecule has 1 aromatic heterocycles. The van der Waals surface area contributed by atoms with Gasteiger partial charge in [0.25, 0.3) is 5.91 Å². The molecule has 0 aliphatic carbocycles. The van der Waals surface area contributed by atoms with Gasteiger partial charge in [0.1, 0.15) is 17.4 Å². The van der Waals surface area contributed by atoms with Crippen LogP contribution in [0.2, 0.25) is 0 Å². The predicted molar refractivity (Wildman–Crippen MR) is 99.4 cm³/mol. The molecule has 5 nitrogen and oxygen atoms in total. The number of hydrogen-bond acceptors (Lipinski definition) is 3. The zero-order valence-corrected chi connectivity index (χ0v) is 15.0. The van der Waals surface area contributed by atoms with Gasteiger partial charge in [0, 0.05) is 29.7 Å². The molecule has 1 amide bonds. The summed E-state index contributed by atoms with van der Waals surface area (Å²) in [5.41, 5.74) is 2.57. The fourth-order valence-corrected chi connectivity index (χ4v) is 2.59. The van der Waals surface area contributed by atoms with E-state index in [1.807, 2.05) is 38.2 Å². The van der Waals surface area contributed by atoms with Crippen LogP contribution < -0.4 is 10.1 Å². The van der Waals surface area contributed by atoms with E-state index in [0.29, 0.717) is 24.1 Å². The van der Waals surface area contributed by atoms with Gasteiger partial charge in [0.05, 0.1) is 6.61 Å². The highest BCUT2D eigenvalue weighted by molar-refractivity contribution is 6.09. The lowest BCUT2D eigenvalue weighted by Gasteiger charge is -2.09. The molecule has 1 aromatic carbocycles. The van der Waals surface area contributed by atoms with E-state index in [4.69, 9.17) is 4.74 Å². The Morgan fingerprint density at radius 2 is 2.16 bits per heavy atom. The van der Waals surface area contributed by atoms with E-state index < -0.39 is 5.91 Å². The van der Waals surface area contributed by atoms with E-state index in [2.05, 4.69) is 23.7 Å². The first kappa shape index (κ1) is 18.3. The highest BCUT2D eigenvalue weighted by atomic mass is 16.5. The zero-order chi connectivity index (χ0) is 18.4. The van der Waals surface area contributed by atoms with E-state index in [1.54, 1.807) is 24.3 Å². The van der Waals surface area contributed by atoms with Crippen molar-refractivity contribution in [3.05, 3.63) is 53.4 Å². The van der Waals surface area contributed by atoms with Crippen molar-refractivity contribution in [2.24, 2.45) is 0 Å². The third-order valence-corrected chi connectivity index (χ3v) is 3.71. The quantitative estimate of drug-likeness (QED) is 0.630. The first-order valence-corrected chi connectivity index (χ1v) is 8.29. The maximum Gasteiger partial charge on any atom is 0.266 e. The van der Waals surface area contributed by atoms with Gasteiger partial charge in [-0.05, 0) is 57.5 Å². The van der Waals surface area contributed by atoms with Crippen LogP contribution in [0, 0.1) is 18.3 Å². The molecule has 0 radical (unpaired) electrons. The molecule has 0 saturated carbocycles. The third-order valence-electron chi connectivity index (χ3n) is 3.71. The average Bonchev–Trinajstić information content (AvgIpc) is 2.94. The summed E-state index contributed by atoms with van der Waals surface area (Å²) in [6.07, 6.45) is 3.55. The normalized spacial score (nSPS) is 11.3. The maximum absolute atomic E-state index is 12.4. The molecule has 2 aromatic rings. The SMILES string of the molecule is CCOc1cccc(NC(=O)/C(C#N)=C/c2cc(C)n(C(C)C)c2)c1. The molecule has 0 bridgehead atoms. The Hall–Kier alpha value is -3.00. The number of benzene rings is 1.